The molecule has 0 radical (unpaired) electrons. The molecular formula is C29H35NO2S. The van der Waals surface area contributed by atoms with Gasteiger partial charge in [0.2, 0.25) is 0 Å². The molecule has 0 atom stereocenters. The van der Waals surface area contributed by atoms with Crippen LogP contribution < -0.4 is 5.32 Å². The number of nitrogens with one attached hydrogen (secondary N) is 1. The molecule has 1 aromatic carbocycles. The second-order valence-electron chi connectivity index (χ2n) is 10.7. The van der Waals surface area contributed by atoms with Crippen LogP contribution in [-0.4, -0.2) is 17.7 Å². The summed E-state index contributed by atoms with van der Waals surface area (Å²) in [6.45, 7) is 5.92. The third kappa shape index (κ3) is 4.47. The Labute approximate surface area is 201 Å². The first kappa shape index (κ1) is 22.6. The van der Waals surface area contributed by atoms with E-state index in [0.717, 1.165) is 42.5 Å². The van der Waals surface area contributed by atoms with Gasteiger partial charge in [0.05, 0.1) is 5.56 Å². The van der Waals surface area contributed by atoms with Crippen molar-refractivity contribution in [3.63, 3.8) is 0 Å². The maximum atomic E-state index is 13.3. The van der Waals surface area contributed by atoms with Crippen molar-refractivity contribution in [2.45, 2.75) is 84.6 Å². The largest absolute Gasteiger partial charge is 0.349 e. The van der Waals surface area contributed by atoms with E-state index in [1.54, 1.807) is 18.3 Å². The van der Waals surface area contributed by atoms with E-state index >= 15 is 0 Å². The van der Waals surface area contributed by atoms with Crippen LogP contribution in [0.25, 0.3) is 5.57 Å². The summed E-state index contributed by atoms with van der Waals surface area (Å²) in [4.78, 5) is 27.2. The minimum Gasteiger partial charge on any atom is -0.349 e. The van der Waals surface area contributed by atoms with Gasteiger partial charge in [0.1, 0.15) is 5.78 Å². The van der Waals surface area contributed by atoms with Crippen LogP contribution in [0.2, 0.25) is 0 Å². The minimum atomic E-state index is 0.0816. The summed E-state index contributed by atoms with van der Waals surface area (Å²) in [5, 5.41) is 3.31. The van der Waals surface area contributed by atoms with E-state index in [9.17, 15) is 9.59 Å². The van der Waals surface area contributed by atoms with Gasteiger partial charge in [-0.2, -0.15) is 0 Å². The fourth-order valence-corrected chi connectivity index (χ4v) is 7.41. The van der Waals surface area contributed by atoms with Crippen LogP contribution in [0, 0.1) is 25.2 Å². The number of hydrogen-bond donors (Lipinski definition) is 1. The van der Waals surface area contributed by atoms with Crippen molar-refractivity contribution < 1.29 is 9.59 Å². The second kappa shape index (κ2) is 8.87. The van der Waals surface area contributed by atoms with Gasteiger partial charge in [0.15, 0.2) is 0 Å². The number of aryl methyl sites for hydroxylation is 2. The van der Waals surface area contributed by atoms with E-state index < -0.39 is 0 Å². The Kier molecular flexibility index (Phi) is 6.07. The van der Waals surface area contributed by atoms with E-state index in [2.05, 4.69) is 49.5 Å². The van der Waals surface area contributed by atoms with Crippen LogP contribution in [0.15, 0.2) is 30.3 Å². The highest BCUT2D eigenvalue weighted by atomic mass is 32.1. The van der Waals surface area contributed by atoms with Gasteiger partial charge >= 0.3 is 0 Å². The number of thiophene rings is 1. The van der Waals surface area contributed by atoms with Gasteiger partial charge in [0.25, 0.3) is 5.91 Å². The summed E-state index contributed by atoms with van der Waals surface area (Å²) in [5.41, 5.74) is 6.47. The van der Waals surface area contributed by atoms with Crippen LogP contribution in [0.4, 0.5) is 0 Å². The summed E-state index contributed by atoms with van der Waals surface area (Å²) in [6, 6.07) is 9.22. The molecule has 174 valence electrons. The van der Waals surface area contributed by atoms with Gasteiger partial charge in [-0.05, 0) is 106 Å². The number of carbonyl (C=O) groups excluding carboxylic acids is 2. The zero-order valence-electron chi connectivity index (χ0n) is 20.1. The average molecular weight is 462 g/mol. The van der Waals surface area contributed by atoms with Gasteiger partial charge in [-0.3, -0.25) is 9.59 Å². The average Bonchev–Trinajstić information content (AvgIpc) is 3.02. The minimum absolute atomic E-state index is 0.0816. The van der Waals surface area contributed by atoms with Crippen LogP contribution >= 0.6 is 11.3 Å². The quantitative estimate of drug-likeness (QED) is 0.515. The number of Topliss-reactive ketones (excluding diaryl/α,β-unsaturated/α-hetero) is 1. The maximum absolute atomic E-state index is 13.3. The first-order valence-corrected chi connectivity index (χ1v) is 13.3. The van der Waals surface area contributed by atoms with Gasteiger partial charge in [-0.15, -0.1) is 11.3 Å². The number of ketones is 1. The number of amides is 1. The molecule has 4 heteroatoms. The molecule has 0 saturated heterocycles. The first-order valence-electron chi connectivity index (χ1n) is 12.5. The Bertz CT molecular complexity index is 1090. The number of benzene rings is 1. The third-order valence-electron chi connectivity index (χ3n) is 8.24. The second-order valence-corrected chi connectivity index (χ2v) is 12.1. The normalized spacial score (nSPS) is 26.3. The highest BCUT2D eigenvalue weighted by Crippen LogP contribution is 2.58. The molecule has 5 rings (SSSR count). The molecule has 3 aliphatic rings. The Balaban J connectivity index is 1.24. The number of carbonyl (C=O) groups is 2. The van der Waals surface area contributed by atoms with Crippen LogP contribution in [0.1, 0.15) is 95.1 Å². The maximum Gasteiger partial charge on any atom is 0.252 e. The van der Waals surface area contributed by atoms with Gasteiger partial charge in [0, 0.05) is 21.7 Å². The summed E-state index contributed by atoms with van der Waals surface area (Å²) >= 11 is 1.73. The molecule has 2 aromatic rings. The van der Waals surface area contributed by atoms with E-state index in [0.29, 0.717) is 11.2 Å². The molecule has 2 fully saturated rings. The van der Waals surface area contributed by atoms with Crippen LogP contribution in [0.5, 0.6) is 0 Å². The van der Waals surface area contributed by atoms with Crippen molar-refractivity contribution >= 4 is 28.6 Å². The predicted octanol–water partition coefficient (Wildman–Crippen LogP) is 6.79. The summed E-state index contributed by atoms with van der Waals surface area (Å²) in [5.74, 6) is 0.666. The molecule has 1 heterocycles. The van der Waals surface area contributed by atoms with Gasteiger partial charge in [-0.1, -0.05) is 30.3 Å². The molecule has 3 aliphatic carbocycles. The van der Waals surface area contributed by atoms with E-state index in [4.69, 9.17) is 0 Å². The predicted molar refractivity (Wildman–Crippen MR) is 136 cm³/mol. The Morgan fingerprint density at radius 1 is 1.03 bits per heavy atom. The molecule has 1 aromatic heterocycles. The molecule has 1 N–H and O–H groups in total. The Hall–Kier alpha value is -2.20. The zero-order chi connectivity index (χ0) is 23.2. The van der Waals surface area contributed by atoms with Crippen molar-refractivity contribution in [2.75, 3.05) is 0 Å². The van der Waals surface area contributed by atoms with Crippen molar-refractivity contribution in [2.24, 2.45) is 11.3 Å². The van der Waals surface area contributed by atoms with E-state index in [-0.39, 0.29) is 17.9 Å². The molecular weight excluding hydrogens is 426 g/mol. The topological polar surface area (TPSA) is 46.2 Å². The molecule has 1 amide bonds. The lowest BCUT2D eigenvalue weighted by Crippen LogP contribution is -2.57. The number of rotatable bonds is 6. The summed E-state index contributed by atoms with van der Waals surface area (Å²) in [6.07, 6.45) is 12.3. The molecule has 3 nitrogen and oxygen atoms in total. The van der Waals surface area contributed by atoms with Gasteiger partial charge in [-0.25, -0.2) is 0 Å². The molecule has 0 aliphatic heterocycles. The van der Waals surface area contributed by atoms with Gasteiger partial charge < -0.3 is 5.32 Å². The lowest BCUT2D eigenvalue weighted by molar-refractivity contribution is -0.134. The van der Waals surface area contributed by atoms with E-state index in [1.807, 2.05) is 0 Å². The highest BCUT2D eigenvalue weighted by molar-refractivity contribution is 7.12. The van der Waals surface area contributed by atoms with Crippen LogP contribution in [-0.2, 0) is 11.2 Å². The lowest BCUT2D eigenvalue weighted by Gasteiger charge is -2.57. The first-order chi connectivity index (χ1) is 15.8. The lowest BCUT2D eigenvalue weighted by atomic mass is 9.49. The fraction of sp³-hybridized carbons (Fsp3) is 0.517. The van der Waals surface area contributed by atoms with Crippen molar-refractivity contribution in [1.29, 1.82) is 0 Å². The summed E-state index contributed by atoms with van der Waals surface area (Å²) < 4.78 is 0. The number of allylic oxidation sites excluding steroid dienone is 2. The van der Waals surface area contributed by atoms with Crippen molar-refractivity contribution in [3.8, 4) is 0 Å². The zero-order valence-corrected chi connectivity index (χ0v) is 20.9. The molecule has 2 saturated carbocycles. The van der Waals surface area contributed by atoms with E-state index in [1.165, 1.54) is 52.8 Å². The monoisotopic (exact) mass is 461 g/mol. The molecule has 1 spiro atoms. The highest BCUT2D eigenvalue weighted by Gasteiger charge is 2.54. The van der Waals surface area contributed by atoms with Crippen molar-refractivity contribution in [3.05, 3.63) is 62.3 Å². The third-order valence-corrected chi connectivity index (χ3v) is 9.30. The smallest absolute Gasteiger partial charge is 0.252 e. The molecule has 0 bridgehead atoms. The number of hydrogen-bond acceptors (Lipinski definition) is 3. The fourth-order valence-electron chi connectivity index (χ4n) is 6.33. The van der Waals surface area contributed by atoms with Crippen LogP contribution in [0.3, 0.4) is 0 Å². The summed E-state index contributed by atoms with van der Waals surface area (Å²) in [7, 11) is 0. The SMILES string of the molecule is CC(=O)C1CC2(CC(NC(=O)c3c(C)sc(C)c3Cc3ccc(C4=CCCCC4)cc3)C2)C1. The van der Waals surface area contributed by atoms with Crippen molar-refractivity contribution in [1.82, 2.24) is 5.32 Å². The molecule has 33 heavy (non-hydrogen) atoms. The standard InChI is InChI=1S/C29H35NO2S/c1-18(31)24-14-29(15-24)16-25(17-29)30-28(32)27-20(3)33-19(2)26(27)13-21-9-11-23(12-10-21)22-7-5-4-6-8-22/h7,9-12,24-25H,4-6,8,13-17H2,1-3H3,(H,30,32). The Morgan fingerprint density at radius 3 is 2.39 bits per heavy atom. The Morgan fingerprint density at radius 2 is 1.76 bits per heavy atom. The molecule has 0 unspecified atom stereocenters.